The van der Waals surface area contributed by atoms with Gasteiger partial charge in [-0.2, -0.15) is 0 Å². The maximum Gasteiger partial charge on any atom is 0.190 e. The molecule has 0 amide bonds. The van der Waals surface area contributed by atoms with E-state index in [9.17, 15) is 4.79 Å². The van der Waals surface area contributed by atoms with Crippen LogP contribution in [0.15, 0.2) is 36.7 Å². The molecule has 0 saturated heterocycles. The first-order chi connectivity index (χ1) is 10.5. The predicted octanol–water partition coefficient (Wildman–Crippen LogP) is 3.21. The van der Waals surface area contributed by atoms with Crippen molar-refractivity contribution in [1.82, 2.24) is 4.98 Å². The predicted molar refractivity (Wildman–Crippen MR) is 84.3 cm³/mol. The van der Waals surface area contributed by atoms with Crippen LogP contribution in [0.1, 0.15) is 24.2 Å². The summed E-state index contributed by atoms with van der Waals surface area (Å²) in [5.74, 6) is 1.20. The number of methoxy groups -OCH3 is 2. The fraction of sp³-hybridized carbons (Fsp3) is 0.294. The number of carbonyl (C=O) groups is 1. The number of ether oxygens (including phenoxy) is 2. The van der Waals surface area contributed by atoms with Crippen LogP contribution in [0.2, 0.25) is 0 Å². The number of aromatic nitrogens is 1. The lowest BCUT2D eigenvalue weighted by Crippen LogP contribution is -2.41. The van der Waals surface area contributed by atoms with E-state index in [4.69, 9.17) is 9.47 Å². The Hall–Kier alpha value is -2.56. The average Bonchev–Trinajstić information content (AvgIpc) is 2.73. The molecular weight excluding hydrogens is 280 g/mol. The van der Waals surface area contributed by atoms with Crippen LogP contribution in [-0.2, 0) is 0 Å². The van der Waals surface area contributed by atoms with Crippen molar-refractivity contribution in [3.63, 3.8) is 0 Å². The Morgan fingerprint density at radius 1 is 1.14 bits per heavy atom. The Morgan fingerprint density at radius 2 is 1.82 bits per heavy atom. The molecule has 22 heavy (non-hydrogen) atoms. The number of benzene rings is 1. The van der Waals surface area contributed by atoms with Crippen LogP contribution in [-0.4, -0.2) is 30.5 Å². The molecule has 0 saturated carbocycles. The zero-order valence-corrected chi connectivity index (χ0v) is 13.1. The average molecular weight is 298 g/mol. The number of carbonyl (C=O) groups excluding carboxylic acids is 1. The van der Waals surface area contributed by atoms with Crippen LogP contribution in [0, 0.1) is 0 Å². The van der Waals surface area contributed by atoms with E-state index in [1.807, 2.05) is 36.9 Å². The smallest absolute Gasteiger partial charge is 0.190 e. The molecule has 3 rings (SSSR count). The van der Waals surface area contributed by atoms with E-state index in [1.54, 1.807) is 32.7 Å². The normalized spacial score (nSPS) is 15.6. The van der Waals surface area contributed by atoms with Crippen LogP contribution in [0.5, 0.6) is 11.5 Å². The lowest BCUT2D eigenvalue weighted by atomic mass is 9.97. The molecule has 1 aliphatic rings. The van der Waals surface area contributed by atoms with Gasteiger partial charge in [-0.15, -0.1) is 0 Å². The lowest BCUT2D eigenvalue weighted by Gasteiger charge is -2.32. The van der Waals surface area contributed by atoms with Gasteiger partial charge in [0.1, 0.15) is 5.54 Å². The van der Waals surface area contributed by atoms with Gasteiger partial charge >= 0.3 is 0 Å². The van der Waals surface area contributed by atoms with Crippen molar-refractivity contribution in [2.45, 2.75) is 19.4 Å². The van der Waals surface area contributed by atoms with E-state index in [2.05, 4.69) is 4.98 Å². The molecule has 2 aromatic rings. The molecule has 1 aromatic heterocycles. The van der Waals surface area contributed by atoms with Gasteiger partial charge in [-0.05, 0) is 32.0 Å². The molecule has 0 N–H and O–H groups in total. The van der Waals surface area contributed by atoms with Gasteiger partial charge in [-0.25, -0.2) is 0 Å². The molecule has 2 heterocycles. The van der Waals surface area contributed by atoms with Gasteiger partial charge in [0.15, 0.2) is 17.3 Å². The second-order valence-electron chi connectivity index (χ2n) is 5.66. The number of ketones is 1. The first kappa shape index (κ1) is 14.4. The SMILES string of the molecule is COc1cc2c(cc1OC)N(c1cccnc1)C(C)(C)C2=O. The summed E-state index contributed by atoms with van der Waals surface area (Å²) < 4.78 is 10.7. The first-order valence-electron chi connectivity index (χ1n) is 7.01. The van der Waals surface area contributed by atoms with Gasteiger partial charge in [0.05, 0.1) is 31.8 Å². The van der Waals surface area contributed by atoms with Crippen molar-refractivity contribution in [2.75, 3.05) is 19.1 Å². The van der Waals surface area contributed by atoms with E-state index in [0.717, 1.165) is 11.4 Å². The number of fused-ring (bicyclic) bond motifs is 1. The summed E-state index contributed by atoms with van der Waals surface area (Å²) in [6.07, 6.45) is 3.46. The summed E-state index contributed by atoms with van der Waals surface area (Å²) in [7, 11) is 3.15. The highest BCUT2D eigenvalue weighted by Crippen LogP contribution is 2.47. The Bertz CT molecular complexity index is 726. The molecule has 0 aliphatic carbocycles. The number of pyridine rings is 1. The van der Waals surface area contributed by atoms with E-state index < -0.39 is 5.54 Å². The van der Waals surface area contributed by atoms with Crippen LogP contribution in [0.25, 0.3) is 0 Å². The Labute approximate surface area is 129 Å². The first-order valence-corrected chi connectivity index (χ1v) is 7.01. The molecule has 1 aliphatic heterocycles. The lowest BCUT2D eigenvalue weighted by molar-refractivity contribution is 0.0929. The fourth-order valence-electron chi connectivity index (χ4n) is 2.92. The third-order valence-corrected chi connectivity index (χ3v) is 4.01. The van der Waals surface area contributed by atoms with E-state index in [0.29, 0.717) is 17.1 Å². The molecule has 114 valence electrons. The summed E-state index contributed by atoms with van der Waals surface area (Å²) in [6, 6.07) is 7.38. The zero-order chi connectivity index (χ0) is 15.9. The molecule has 0 radical (unpaired) electrons. The molecule has 5 nitrogen and oxygen atoms in total. The van der Waals surface area contributed by atoms with Gasteiger partial charge in [0.25, 0.3) is 0 Å². The number of Topliss-reactive ketones (excluding diaryl/α,β-unsaturated/α-hetero) is 1. The second kappa shape index (κ2) is 5.02. The largest absolute Gasteiger partial charge is 0.493 e. The second-order valence-corrected chi connectivity index (χ2v) is 5.66. The minimum atomic E-state index is -0.692. The summed E-state index contributed by atoms with van der Waals surface area (Å²) in [4.78, 5) is 19.0. The topological polar surface area (TPSA) is 51.7 Å². The standard InChI is InChI=1S/C17H18N2O3/c1-17(2)16(20)12-8-14(21-3)15(22-4)9-13(12)19(17)11-6-5-7-18-10-11/h5-10H,1-4H3. The molecule has 5 heteroatoms. The third kappa shape index (κ3) is 1.93. The molecular formula is C17H18N2O3. The van der Waals surface area contributed by atoms with Crippen LogP contribution in [0.3, 0.4) is 0 Å². The highest BCUT2D eigenvalue weighted by atomic mass is 16.5. The Balaban J connectivity index is 2.24. The number of hydrogen-bond donors (Lipinski definition) is 0. The fourth-order valence-corrected chi connectivity index (χ4v) is 2.92. The van der Waals surface area contributed by atoms with Crippen molar-refractivity contribution < 1.29 is 14.3 Å². The number of anilines is 2. The van der Waals surface area contributed by atoms with Gasteiger partial charge in [-0.3, -0.25) is 9.78 Å². The van der Waals surface area contributed by atoms with Crippen molar-refractivity contribution in [2.24, 2.45) is 0 Å². The third-order valence-electron chi connectivity index (χ3n) is 4.01. The highest BCUT2D eigenvalue weighted by Gasteiger charge is 2.45. The van der Waals surface area contributed by atoms with Gasteiger partial charge < -0.3 is 14.4 Å². The summed E-state index contributed by atoms with van der Waals surface area (Å²) in [6.45, 7) is 3.81. The molecule has 0 unspecified atom stereocenters. The van der Waals surface area contributed by atoms with E-state index in [-0.39, 0.29) is 5.78 Å². The molecule has 0 spiro atoms. The molecule has 0 fully saturated rings. The minimum absolute atomic E-state index is 0.0484. The highest BCUT2D eigenvalue weighted by molar-refractivity contribution is 6.15. The summed E-state index contributed by atoms with van der Waals surface area (Å²) in [5, 5.41) is 0. The van der Waals surface area contributed by atoms with Crippen molar-refractivity contribution in [3.8, 4) is 11.5 Å². The van der Waals surface area contributed by atoms with Crippen LogP contribution < -0.4 is 14.4 Å². The Kier molecular flexibility index (Phi) is 3.28. The number of nitrogens with zero attached hydrogens (tertiary/aromatic N) is 2. The number of hydrogen-bond acceptors (Lipinski definition) is 5. The number of rotatable bonds is 3. The van der Waals surface area contributed by atoms with E-state index in [1.165, 1.54) is 0 Å². The van der Waals surface area contributed by atoms with Crippen molar-refractivity contribution in [3.05, 3.63) is 42.2 Å². The quantitative estimate of drug-likeness (QED) is 0.871. The maximum absolute atomic E-state index is 12.8. The van der Waals surface area contributed by atoms with Gasteiger partial charge in [-0.1, -0.05) is 0 Å². The van der Waals surface area contributed by atoms with Gasteiger partial charge in [0, 0.05) is 17.8 Å². The molecule has 0 atom stereocenters. The monoisotopic (exact) mass is 298 g/mol. The van der Waals surface area contributed by atoms with Crippen molar-refractivity contribution in [1.29, 1.82) is 0 Å². The molecule has 1 aromatic carbocycles. The Morgan fingerprint density at radius 3 is 2.41 bits per heavy atom. The van der Waals surface area contributed by atoms with Crippen LogP contribution >= 0.6 is 0 Å². The van der Waals surface area contributed by atoms with Gasteiger partial charge in [0.2, 0.25) is 0 Å². The summed E-state index contributed by atoms with van der Waals surface area (Å²) in [5.41, 5.74) is 1.61. The van der Waals surface area contributed by atoms with Crippen LogP contribution in [0.4, 0.5) is 11.4 Å². The van der Waals surface area contributed by atoms with E-state index >= 15 is 0 Å². The zero-order valence-electron chi connectivity index (χ0n) is 13.1. The molecule has 0 bridgehead atoms. The minimum Gasteiger partial charge on any atom is -0.493 e. The summed E-state index contributed by atoms with van der Waals surface area (Å²) >= 11 is 0. The van der Waals surface area contributed by atoms with Crippen molar-refractivity contribution >= 4 is 17.2 Å². The maximum atomic E-state index is 12.8.